The normalized spacial score (nSPS) is 12.2. The van der Waals surface area contributed by atoms with Gasteiger partial charge >= 0.3 is 5.97 Å². The molecule has 0 spiro atoms. The van der Waals surface area contributed by atoms with E-state index in [0.717, 1.165) is 6.42 Å². The first kappa shape index (κ1) is 12.5. The molecule has 1 aromatic heterocycles. The lowest BCUT2D eigenvalue weighted by atomic mass is 10.2. The molecule has 0 fully saturated rings. The second-order valence-electron chi connectivity index (χ2n) is 3.50. The van der Waals surface area contributed by atoms with E-state index in [-0.39, 0.29) is 5.97 Å². The molecule has 1 heterocycles. The summed E-state index contributed by atoms with van der Waals surface area (Å²) in [6.45, 7) is 4.15. The molecule has 5 heteroatoms. The van der Waals surface area contributed by atoms with Crippen molar-refractivity contribution in [3.63, 3.8) is 0 Å². The predicted molar refractivity (Wildman–Crippen MR) is 59.2 cm³/mol. The molecule has 0 N–H and O–H groups in total. The van der Waals surface area contributed by atoms with Gasteiger partial charge in [-0.15, -0.1) is 0 Å². The van der Waals surface area contributed by atoms with Crippen LogP contribution in [-0.2, 0) is 16.6 Å². The molecule has 0 radical (unpaired) electrons. The number of nitrogens with zero attached hydrogens (tertiary/aromatic N) is 2. The minimum atomic E-state index is -0.533. The van der Waals surface area contributed by atoms with Crippen LogP contribution in [0.2, 0.25) is 0 Å². The fraction of sp³-hybridized carbons (Fsp3) is 0.636. The van der Waals surface area contributed by atoms with Crippen LogP contribution in [0.3, 0.4) is 0 Å². The van der Waals surface area contributed by atoms with E-state index in [1.807, 2.05) is 6.92 Å². The molecule has 0 amide bonds. The van der Waals surface area contributed by atoms with Gasteiger partial charge in [-0.2, -0.15) is 5.10 Å². The third-order valence-electron chi connectivity index (χ3n) is 2.06. The molecule has 1 unspecified atom stereocenters. The van der Waals surface area contributed by atoms with E-state index in [1.165, 1.54) is 0 Å². The lowest BCUT2D eigenvalue weighted by Crippen LogP contribution is -2.29. The van der Waals surface area contributed by atoms with E-state index in [1.54, 1.807) is 31.0 Å². The van der Waals surface area contributed by atoms with Crippen molar-refractivity contribution < 1.29 is 14.3 Å². The number of hydrogen-bond donors (Lipinski definition) is 0. The molecular formula is C11H18N2O3. The van der Waals surface area contributed by atoms with Gasteiger partial charge in [-0.25, -0.2) is 4.79 Å². The number of aryl methyl sites for hydroxylation is 1. The van der Waals surface area contributed by atoms with Crippen LogP contribution in [0.5, 0.6) is 5.75 Å². The first-order valence-electron chi connectivity index (χ1n) is 5.49. The van der Waals surface area contributed by atoms with Crippen LogP contribution < -0.4 is 4.74 Å². The Labute approximate surface area is 95.3 Å². The van der Waals surface area contributed by atoms with Gasteiger partial charge < -0.3 is 9.47 Å². The maximum absolute atomic E-state index is 11.6. The van der Waals surface area contributed by atoms with Crippen LogP contribution >= 0.6 is 0 Å². The second kappa shape index (κ2) is 6.15. The summed E-state index contributed by atoms with van der Waals surface area (Å²) >= 11 is 0. The van der Waals surface area contributed by atoms with Gasteiger partial charge in [0.05, 0.1) is 19.0 Å². The van der Waals surface area contributed by atoms with Crippen LogP contribution in [0.1, 0.15) is 26.7 Å². The molecular weight excluding hydrogens is 208 g/mol. The van der Waals surface area contributed by atoms with Crippen molar-refractivity contribution in [1.82, 2.24) is 9.78 Å². The predicted octanol–water partition coefficient (Wildman–Crippen LogP) is 1.53. The van der Waals surface area contributed by atoms with Crippen molar-refractivity contribution >= 4 is 5.97 Å². The average Bonchev–Trinajstić information content (AvgIpc) is 2.64. The number of carbonyl (C=O) groups excluding carboxylic acids is 1. The lowest BCUT2D eigenvalue weighted by Gasteiger charge is -2.15. The van der Waals surface area contributed by atoms with Gasteiger partial charge in [0.15, 0.2) is 11.9 Å². The largest absolute Gasteiger partial charge is 0.475 e. The summed E-state index contributed by atoms with van der Waals surface area (Å²) in [5.74, 6) is 0.280. The minimum Gasteiger partial charge on any atom is -0.475 e. The summed E-state index contributed by atoms with van der Waals surface area (Å²) in [4.78, 5) is 11.6. The minimum absolute atomic E-state index is 0.312. The van der Waals surface area contributed by atoms with Crippen LogP contribution in [-0.4, -0.2) is 28.5 Å². The maximum Gasteiger partial charge on any atom is 0.347 e. The van der Waals surface area contributed by atoms with Crippen molar-refractivity contribution in [3.05, 3.63) is 12.4 Å². The van der Waals surface area contributed by atoms with Crippen LogP contribution in [0.4, 0.5) is 0 Å². The quantitative estimate of drug-likeness (QED) is 0.690. The number of esters is 1. The zero-order valence-corrected chi connectivity index (χ0v) is 9.97. The molecule has 1 rings (SSSR count). The Balaban J connectivity index is 2.60. The molecule has 90 valence electrons. The molecule has 1 atom stereocenters. The molecule has 1 aromatic rings. The van der Waals surface area contributed by atoms with E-state index < -0.39 is 6.10 Å². The molecule has 0 saturated carbocycles. The topological polar surface area (TPSA) is 53.4 Å². The van der Waals surface area contributed by atoms with Crippen LogP contribution in [0.15, 0.2) is 12.4 Å². The van der Waals surface area contributed by atoms with Crippen molar-refractivity contribution in [2.45, 2.75) is 32.8 Å². The third kappa shape index (κ3) is 3.56. The number of ether oxygens (including phenoxy) is 2. The molecule has 0 bridgehead atoms. The molecule has 0 aliphatic carbocycles. The summed E-state index contributed by atoms with van der Waals surface area (Å²) in [6, 6.07) is 0. The summed E-state index contributed by atoms with van der Waals surface area (Å²) in [7, 11) is 1.80. The molecule has 0 aliphatic heterocycles. The van der Waals surface area contributed by atoms with Gasteiger partial charge in [-0.1, -0.05) is 13.3 Å². The van der Waals surface area contributed by atoms with E-state index in [4.69, 9.17) is 9.47 Å². The van der Waals surface area contributed by atoms with E-state index in [9.17, 15) is 4.79 Å². The summed E-state index contributed by atoms with van der Waals surface area (Å²) in [5, 5.41) is 3.97. The number of aromatic nitrogens is 2. The maximum atomic E-state index is 11.6. The van der Waals surface area contributed by atoms with Gasteiger partial charge in [0.2, 0.25) is 0 Å². The SMILES string of the molecule is CCCC(Oc1cnn(C)c1)C(=O)OCC. The Kier molecular flexibility index (Phi) is 4.82. The zero-order valence-electron chi connectivity index (χ0n) is 9.97. The van der Waals surface area contributed by atoms with Crippen molar-refractivity contribution in [2.75, 3.05) is 6.61 Å². The van der Waals surface area contributed by atoms with Crippen molar-refractivity contribution in [2.24, 2.45) is 7.05 Å². The highest BCUT2D eigenvalue weighted by Gasteiger charge is 2.21. The Bertz CT molecular complexity index is 336. The fourth-order valence-electron chi connectivity index (χ4n) is 1.35. The monoisotopic (exact) mass is 226 g/mol. The average molecular weight is 226 g/mol. The number of carbonyl (C=O) groups is 1. The van der Waals surface area contributed by atoms with Gasteiger partial charge in [-0.05, 0) is 13.3 Å². The highest BCUT2D eigenvalue weighted by atomic mass is 16.6. The lowest BCUT2D eigenvalue weighted by molar-refractivity contribution is -0.151. The Hall–Kier alpha value is -1.52. The van der Waals surface area contributed by atoms with Gasteiger partial charge in [0.25, 0.3) is 0 Å². The van der Waals surface area contributed by atoms with Crippen LogP contribution in [0.25, 0.3) is 0 Å². The van der Waals surface area contributed by atoms with Crippen molar-refractivity contribution in [3.8, 4) is 5.75 Å². The van der Waals surface area contributed by atoms with E-state index >= 15 is 0 Å². The molecule has 0 saturated heterocycles. The summed E-state index contributed by atoms with van der Waals surface area (Å²) < 4.78 is 12.1. The van der Waals surface area contributed by atoms with Gasteiger partial charge in [0, 0.05) is 7.05 Å². The fourth-order valence-corrected chi connectivity index (χ4v) is 1.35. The second-order valence-corrected chi connectivity index (χ2v) is 3.50. The first-order chi connectivity index (χ1) is 7.67. The standard InChI is InChI=1S/C11H18N2O3/c1-4-6-10(11(14)15-5-2)16-9-7-12-13(3)8-9/h7-8,10H,4-6H2,1-3H3. The molecule has 0 aromatic carbocycles. The van der Waals surface area contributed by atoms with E-state index in [2.05, 4.69) is 5.10 Å². The van der Waals surface area contributed by atoms with Gasteiger partial charge in [-0.3, -0.25) is 4.68 Å². The molecule has 0 aliphatic rings. The molecule has 5 nitrogen and oxygen atoms in total. The van der Waals surface area contributed by atoms with Crippen LogP contribution in [0, 0.1) is 0 Å². The highest BCUT2D eigenvalue weighted by molar-refractivity contribution is 5.75. The first-order valence-corrected chi connectivity index (χ1v) is 5.49. The van der Waals surface area contributed by atoms with Gasteiger partial charge in [0.1, 0.15) is 0 Å². The number of rotatable bonds is 6. The van der Waals surface area contributed by atoms with Crippen molar-refractivity contribution in [1.29, 1.82) is 0 Å². The number of hydrogen-bond acceptors (Lipinski definition) is 4. The summed E-state index contributed by atoms with van der Waals surface area (Å²) in [5.41, 5.74) is 0. The molecule has 16 heavy (non-hydrogen) atoms. The third-order valence-corrected chi connectivity index (χ3v) is 2.06. The Morgan fingerprint density at radius 1 is 1.56 bits per heavy atom. The Morgan fingerprint density at radius 3 is 2.81 bits per heavy atom. The van der Waals surface area contributed by atoms with E-state index in [0.29, 0.717) is 18.8 Å². The smallest absolute Gasteiger partial charge is 0.347 e. The highest BCUT2D eigenvalue weighted by Crippen LogP contribution is 2.13. The zero-order chi connectivity index (χ0) is 12.0. The Morgan fingerprint density at radius 2 is 2.31 bits per heavy atom. The summed E-state index contributed by atoms with van der Waals surface area (Å²) in [6.07, 6.45) is 4.29.